The van der Waals surface area contributed by atoms with Crippen LogP contribution in [0.4, 0.5) is 0 Å². The molecular formula is C10H17ClO2. The number of alkyl halides is 1. The smallest absolute Gasteiger partial charge is 0.203 e. The Hall–Kier alpha value is -0.370. The minimum Gasteiger partial charge on any atom is -0.291 e. The van der Waals surface area contributed by atoms with E-state index in [-0.39, 0.29) is 11.6 Å². The summed E-state index contributed by atoms with van der Waals surface area (Å²) in [5, 5.41) is 0. The molecule has 0 radical (unpaired) electrons. The van der Waals surface area contributed by atoms with E-state index in [9.17, 15) is 9.59 Å². The van der Waals surface area contributed by atoms with Crippen LogP contribution in [0, 0.1) is 5.41 Å². The van der Waals surface area contributed by atoms with Crippen LogP contribution in [0.3, 0.4) is 0 Å². The van der Waals surface area contributed by atoms with E-state index in [1.54, 1.807) is 20.8 Å². The monoisotopic (exact) mass is 204 g/mol. The molecule has 0 heterocycles. The third-order valence-corrected chi connectivity index (χ3v) is 1.99. The van der Waals surface area contributed by atoms with Gasteiger partial charge in [0.15, 0.2) is 5.78 Å². The summed E-state index contributed by atoms with van der Waals surface area (Å²) in [6.45, 7) is 5.28. The molecule has 76 valence electrons. The van der Waals surface area contributed by atoms with Gasteiger partial charge < -0.3 is 0 Å². The standard InChI is InChI=1S/C10H17ClO2/c1-10(2,3)9(13)8(12)6-4-5-7-11/h4-7H2,1-3H3. The Balaban J connectivity index is 3.92. The highest BCUT2D eigenvalue weighted by atomic mass is 35.5. The fraction of sp³-hybridized carbons (Fsp3) is 0.800. The first-order valence-corrected chi connectivity index (χ1v) is 5.06. The van der Waals surface area contributed by atoms with Gasteiger partial charge in [0, 0.05) is 17.7 Å². The number of hydrogen-bond donors (Lipinski definition) is 0. The highest BCUT2D eigenvalue weighted by Gasteiger charge is 2.27. The molecule has 0 spiro atoms. The van der Waals surface area contributed by atoms with Crippen molar-refractivity contribution in [1.29, 1.82) is 0 Å². The maximum atomic E-state index is 11.4. The lowest BCUT2D eigenvalue weighted by Crippen LogP contribution is -2.28. The number of ketones is 2. The summed E-state index contributed by atoms with van der Waals surface area (Å²) < 4.78 is 0. The zero-order valence-corrected chi connectivity index (χ0v) is 9.28. The van der Waals surface area contributed by atoms with E-state index >= 15 is 0 Å². The van der Waals surface area contributed by atoms with Crippen LogP contribution in [0.2, 0.25) is 0 Å². The van der Waals surface area contributed by atoms with Crippen molar-refractivity contribution in [3.8, 4) is 0 Å². The molecule has 0 aromatic rings. The van der Waals surface area contributed by atoms with Crippen molar-refractivity contribution in [2.45, 2.75) is 40.0 Å². The second-order valence-electron chi connectivity index (χ2n) is 4.15. The molecule has 0 saturated carbocycles. The van der Waals surface area contributed by atoms with Crippen molar-refractivity contribution >= 4 is 23.2 Å². The number of rotatable bonds is 5. The Bertz CT molecular complexity index is 192. The summed E-state index contributed by atoms with van der Waals surface area (Å²) in [6, 6.07) is 0. The van der Waals surface area contributed by atoms with Crippen LogP contribution in [0.1, 0.15) is 40.0 Å². The van der Waals surface area contributed by atoms with Gasteiger partial charge in [-0.2, -0.15) is 0 Å². The Morgan fingerprint density at radius 3 is 2.08 bits per heavy atom. The van der Waals surface area contributed by atoms with Crippen molar-refractivity contribution in [2.75, 3.05) is 5.88 Å². The zero-order chi connectivity index (χ0) is 10.5. The quantitative estimate of drug-likeness (QED) is 0.392. The number of carbonyl (C=O) groups is 2. The van der Waals surface area contributed by atoms with Crippen LogP contribution in [0.5, 0.6) is 0 Å². The Kier molecular flexibility index (Phi) is 5.23. The third-order valence-electron chi connectivity index (χ3n) is 1.72. The van der Waals surface area contributed by atoms with Gasteiger partial charge in [-0.15, -0.1) is 11.6 Å². The molecule has 0 bridgehead atoms. The van der Waals surface area contributed by atoms with Gasteiger partial charge in [-0.25, -0.2) is 0 Å². The number of Topliss-reactive ketones (excluding diaryl/α,β-unsaturated/α-hetero) is 2. The Morgan fingerprint density at radius 2 is 1.69 bits per heavy atom. The predicted molar refractivity (Wildman–Crippen MR) is 54.0 cm³/mol. The van der Waals surface area contributed by atoms with Gasteiger partial charge in [0.2, 0.25) is 5.78 Å². The van der Waals surface area contributed by atoms with Crippen molar-refractivity contribution < 1.29 is 9.59 Å². The van der Waals surface area contributed by atoms with E-state index < -0.39 is 5.41 Å². The van der Waals surface area contributed by atoms with Crippen LogP contribution in [-0.4, -0.2) is 17.4 Å². The fourth-order valence-corrected chi connectivity index (χ4v) is 1.10. The Labute approximate surface area is 84.7 Å². The molecular weight excluding hydrogens is 188 g/mol. The number of carbonyl (C=O) groups excluding carboxylic acids is 2. The van der Waals surface area contributed by atoms with E-state index in [4.69, 9.17) is 11.6 Å². The molecule has 0 aromatic carbocycles. The molecule has 0 unspecified atom stereocenters. The molecule has 0 aromatic heterocycles. The van der Waals surface area contributed by atoms with Crippen LogP contribution in [0.15, 0.2) is 0 Å². The van der Waals surface area contributed by atoms with E-state index in [1.165, 1.54) is 0 Å². The normalized spacial score (nSPS) is 11.4. The largest absolute Gasteiger partial charge is 0.291 e. The molecule has 0 aliphatic carbocycles. The van der Waals surface area contributed by atoms with Gasteiger partial charge in [-0.05, 0) is 12.8 Å². The first kappa shape index (κ1) is 12.6. The molecule has 0 aliphatic rings. The second kappa shape index (κ2) is 5.38. The highest BCUT2D eigenvalue weighted by molar-refractivity contribution is 6.38. The molecule has 3 heteroatoms. The zero-order valence-electron chi connectivity index (χ0n) is 8.52. The molecule has 0 saturated heterocycles. The van der Waals surface area contributed by atoms with Crippen LogP contribution in [-0.2, 0) is 9.59 Å². The van der Waals surface area contributed by atoms with E-state index in [0.29, 0.717) is 18.7 Å². The fourth-order valence-electron chi connectivity index (χ4n) is 0.912. The maximum Gasteiger partial charge on any atom is 0.203 e. The molecule has 2 nitrogen and oxygen atoms in total. The topological polar surface area (TPSA) is 34.1 Å². The van der Waals surface area contributed by atoms with Crippen molar-refractivity contribution in [1.82, 2.24) is 0 Å². The molecule has 0 atom stereocenters. The summed E-state index contributed by atoms with van der Waals surface area (Å²) in [4.78, 5) is 22.6. The highest BCUT2D eigenvalue weighted by Crippen LogP contribution is 2.16. The average Bonchev–Trinajstić information content (AvgIpc) is 2.01. The van der Waals surface area contributed by atoms with Crippen LogP contribution >= 0.6 is 11.6 Å². The van der Waals surface area contributed by atoms with Gasteiger partial charge in [0.05, 0.1) is 0 Å². The average molecular weight is 205 g/mol. The van der Waals surface area contributed by atoms with Gasteiger partial charge in [0.25, 0.3) is 0 Å². The second-order valence-corrected chi connectivity index (χ2v) is 4.53. The van der Waals surface area contributed by atoms with E-state index in [1.807, 2.05) is 0 Å². The van der Waals surface area contributed by atoms with Crippen molar-refractivity contribution in [2.24, 2.45) is 5.41 Å². The van der Waals surface area contributed by atoms with E-state index in [2.05, 4.69) is 0 Å². The molecule has 13 heavy (non-hydrogen) atoms. The Morgan fingerprint density at radius 1 is 1.15 bits per heavy atom. The molecule has 0 fully saturated rings. The van der Waals surface area contributed by atoms with Gasteiger partial charge in [0.1, 0.15) is 0 Å². The lowest BCUT2D eigenvalue weighted by Gasteiger charge is -2.14. The third kappa shape index (κ3) is 5.04. The summed E-state index contributed by atoms with van der Waals surface area (Å²) in [5.74, 6) is 0.0106. The minimum atomic E-state index is -0.544. The van der Waals surface area contributed by atoms with Crippen molar-refractivity contribution in [3.63, 3.8) is 0 Å². The predicted octanol–water partition coefficient (Wildman–Crippen LogP) is 2.58. The van der Waals surface area contributed by atoms with Gasteiger partial charge in [-0.1, -0.05) is 20.8 Å². The lowest BCUT2D eigenvalue weighted by atomic mass is 9.87. The first-order chi connectivity index (χ1) is 5.89. The van der Waals surface area contributed by atoms with E-state index in [0.717, 1.165) is 6.42 Å². The number of unbranched alkanes of at least 4 members (excludes halogenated alkanes) is 1. The minimum absolute atomic E-state index is 0.266. The summed E-state index contributed by atoms with van der Waals surface area (Å²) in [6.07, 6.45) is 1.84. The summed E-state index contributed by atoms with van der Waals surface area (Å²) >= 11 is 5.46. The molecule has 0 N–H and O–H groups in total. The maximum absolute atomic E-state index is 11.4. The van der Waals surface area contributed by atoms with Crippen LogP contribution < -0.4 is 0 Å². The number of hydrogen-bond acceptors (Lipinski definition) is 2. The molecule has 0 amide bonds. The van der Waals surface area contributed by atoms with Gasteiger partial charge in [-0.3, -0.25) is 9.59 Å². The SMILES string of the molecule is CC(C)(C)C(=O)C(=O)CCCCCl. The first-order valence-electron chi connectivity index (χ1n) is 4.53. The number of halogens is 1. The molecule has 0 rings (SSSR count). The molecule has 0 aliphatic heterocycles. The van der Waals surface area contributed by atoms with Gasteiger partial charge >= 0.3 is 0 Å². The lowest BCUT2D eigenvalue weighted by molar-refractivity contribution is -0.141. The van der Waals surface area contributed by atoms with Crippen LogP contribution in [0.25, 0.3) is 0 Å². The summed E-state index contributed by atoms with van der Waals surface area (Å²) in [7, 11) is 0. The summed E-state index contributed by atoms with van der Waals surface area (Å²) in [5.41, 5.74) is -0.544. The van der Waals surface area contributed by atoms with Crippen molar-refractivity contribution in [3.05, 3.63) is 0 Å².